The van der Waals surface area contributed by atoms with E-state index < -0.39 is 0 Å². The van der Waals surface area contributed by atoms with Crippen LogP contribution in [0, 0.1) is 0 Å². The van der Waals surface area contributed by atoms with Gasteiger partial charge in [0, 0.05) is 20.1 Å². The molecule has 1 rings (SSSR count). The highest BCUT2D eigenvalue weighted by molar-refractivity contribution is 7.80. The van der Waals surface area contributed by atoms with E-state index in [0.717, 1.165) is 0 Å². The predicted octanol–water partition coefficient (Wildman–Crippen LogP) is 0.0895. The van der Waals surface area contributed by atoms with Crippen LogP contribution in [-0.2, 0) is 0 Å². The minimum atomic E-state index is 0.689. The summed E-state index contributed by atoms with van der Waals surface area (Å²) in [5, 5.41) is 5.60. The molecular formula is C6H13N3S. The third-order valence-corrected chi connectivity index (χ3v) is 1.89. The summed E-state index contributed by atoms with van der Waals surface area (Å²) in [5.41, 5.74) is 3.05. The van der Waals surface area contributed by atoms with Gasteiger partial charge in [0.1, 0.15) is 0 Å². The first-order valence-corrected chi connectivity index (χ1v) is 3.86. The summed E-state index contributed by atoms with van der Waals surface area (Å²) >= 11 is 4.91. The number of hydrazine groups is 1. The summed E-state index contributed by atoms with van der Waals surface area (Å²) in [6, 6.07) is 0.700. The van der Waals surface area contributed by atoms with Crippen molar-refractivity contribution in [2.75, 3.05) is 14.1 Å². The monoisotopic (exact) mass is 159 g/mol. The first-order valence-electron chi connectivity index (χ1n) is 3.45. The fraction of sp³-hybridized carbons (Fsp3) is 0.833. The third-order valence-electron chi connectivity index (χ3n) is 1.60. The minimum absolute atomic E-state index is 0.689. The average Bonchev–Trinajstić information content (AvgIpc) is 2.68. The molecule has 0 aromatic heterocycles. The van der Waals surface area contributed by atoms with Gasteiger partial charge >= 0.3 is 0 Å². The van der Waals surface area contributed by atoms with Gasteiger partial charge in [0.25, 0.3) is 0 Å². The lowest BCUT2D eigenvalue weighted by Crippen LogP contribution is -2.44. The van der Waals surface area contributed by atoms with E-state index in [1.165, 1.54) is 12.8 Å². The molecule has 2 N–H and O–H groups in total. The van der Waals surface area contributed by atoms with Crippen molar-refractivity contribution in [3.8, 4) is 0 Å². The van der Waals surface area contributed by atoms with Gasteiger partial charge in [-0.3, -0.25) is 5.43 Å². The number of rotatable bonds is 2. The van der Waals surface area contributed by atoms with Crippen LogP contribution in [0.2, 0.25) is 0 Å². The first kappa shape index (κ1) is 7.75. The van der Waals surface area contributed by atoms with E-state index in [-0.39, 0.29) is 0 Å². The lowest BCUT2D eigenvalue weighted by molar-refractivity contribution is 0.281. The highest BCUT2D eigenvalue weighted by Gasteiger charge is 2.26. The van der Waals surface area contributed by atoms with E-state index >= 15 is 0 Å². The summed E-state index contributed by atoms with van der Waals surface area (Å²) in [6.45, 7) is 0. The third kappa shape index (κ3) is 2.11. The average molecular weight is 159 g/mol. The maximum absolute atomic E-state index is 4.91. The maximum Gasteiger partial charge on any atom is 0.180 e. The Morgan fingerprint density at radius 2 is 2.20 bits per heavy atom. The normalized spacial score (nSPS) is 17.1. The van der Waals surface area contributed by atoms with E-state index in [1.54, 1.807) is 0 Å². The van der Waals surface area contributed by atoms with Crippen LogP contribution >= 0.6 is 12.2 Å². The zero-order valence-corrected chi connectivity index (χ0v) is 7.16. The summed E-state index contributed by atoms with van der Waals surface area (Å²) in [5.74, 6) is 0. The van der Waals surface area contributed by atoms with Crippen molar-refractivity contribution in [2.45, 2.75) is 18.9 Å². The quantitative estimate of drug-likeness (QED) is 0.441. The minimum Gasteiger partial charge on any atom is -0.365 e. The van der Waals surface area contributed by atoms with Gasteiger partial charge in [-0.1, -0.05) is 0 Å². The SMILES string of the molecule is CNC(=S)NN(C)C1CC1. The molecule has 0 atom stereocenters. The summed E-state index contributed by atoms with van der Waals surface area (Å²) in [6.07, 6.45) is 2.58. The van der Waals surface area contributed by atoms with E-state index in [0.29, 0.717) is 11.2 Å². The topological polar surface area (TPSA) is 27.3 Å². The molecule has 0 aliphatic heterocycles. The van der Waals surface area contributed by atoms with Gasteiger partial charge in [0.2, 0.25) is 0 Å². The molecular weight excluding hydrogens is 146 g/mol. The van der Waals surface area contributed by atoms with Crippen LogP contribution in [0.5, 0.6) is 0 Å². The van der Waals surface area contributed by atoms with Crippen molar-refractivity contribution in [2.24, 2.45) is 0 Å². The summed E-state index contributed by atoms with van der Waals surface area (Å²) in [7, 11) is 3.83. The Morgan fingerprint density at radius 3 is 2.60 bits per heavy atom. The summed E-state index contributed by atoms with van der Waals surface area (Å²) in [4.78, 5) is 0. The fourth-order valence-electron chi connectivity index (χ4n) is 0.769. The molecule has 1 aliphatic rings. The molecule has 1 fully saturated rings. The van der Waals surface area contributed by atoms with Crippen molar-refractivity contribution in [1.29, 1.82) is 0 Å². The second-order valence-electron chi connectivity index (χ2n) is 2.53. The van der Waals surface area contributed by atoms with Crippen molar-refractivity contribution >= 4 is 17.3 Å². The molecule has 4 heteroatoms. The fourth-order valence-corrected chi connectivity index (χ4v) is 0.913. The first-order chi connectivity index (χ1) is 4.74. The molecule has 0 radical (unpaired) electrons. The van der Waals surface area contributed by atoms with Crippen LogP contribution in [-0.4, -0.2) is 30.3 Å². The molecule has 58 valence electrons. The lowest BCUT2D eigenvalue weighted by Gasteiger charge is -2.18. The predicted molar refractivity (Wildman–Crippen MR) is 45.6 cm³/mol. The Hall–Kier alpha value is -0.350. The summed E-state index contributed by atoms with van der Waals surface area (Å²) < 4.78 is 0. The van der Waals surface area contributed by atoms with Gasteiger partial charge in [-0.05, 0) is 25.1 Å². The number of hydrogen-bond acceptors (Lipinski definition) is 2. The van der Waals surface area contributed by atoms with E-state index in [1.807, 2.05) is 14.1 Å². The smallest absolute Gasteiger partial charge is 0.180 e. The molecule has 0 heterocycles. The Kier molecular flexibility index (Phi) is 2.45. The highest BCUT2D eigenvalue weighted by Crippen LogP contribution is 2.23. The van der Waals surface area contributed by atoms with Crippen LogP contribution in [0.25, 0.3) is 0 Å². The molecule has 1 saturated carbocycles. The largest absolute Gasteiger partial charge is 0.365 e. The van der Waals surface area contributed by atoms with Gasteiger partial charge in [-0.15, -0.1) is 0 Å². The molecule has 1 aliphatic carbocycles. The van der Waals surface area contributed by atoms with Gasteiger partial charge in [0.05, 0.1) is 0 Å². The van der Waals surface area contributed by atoms with Crippen LogP contribution in [0.1, 0.15) is 12.8 Å². The molecule has 0 unspecified atom stereocenters. The Balaban J connectivity index is 2.16. The van der Waals surface area contributed by atoms with E-state index in [2.05, 4.69) is 15.8 Å². The lowest BCUT2D eigenvalue weighted by atomic mass is 10.7. The molecule has 0 spiro atoms. The number of thiocarbonyl (C=S) groups is 1. The Morgan fingerprint density at radius 1 is 1.60 bits per heavy atom. The number of hydrogen-bond donors (Lipinski definition) is 2. The van der Waals surface area contributed by atoms with Gasteiger partial charge in [-0.25, -0.2) is 5.01 Å². The van der Waals surface area contributed by atoms with Gasteiger partial charge < -0.3 is 5.32 Å². The number of nitrogens with zero attached hydrogens (tertiary/aromatic N) is 1. The van der Waals surface area contributed by atoms with Crippen molar-refractivity contribution in [3.63, 3.8) is 0 Å². The molecule has 0 bridgehead atoms. The van der Waals surface area contributed by atoms with E-state index in [9.17, 15) is 0 Å². The second kappa shape index (κ2) is 3.16. The van der Waals surface area contributed by atoms with Crippen molar-refractivity contribution in [1.82, 2.24) is 15.8 Å². The second-order valence-corrected chi connectivity index (χ2v) is 2.94. The number of nitrogens with one attached hydrogen (secondary N) is 2. The Labute approximate surface area is 66.7 Å². The van der Waals surface area contributed by atoms with Gasteiger partial charge in [-0.2, -0.15) is 0 Å². The zero-order valence-electron chi connectivity index (χ0n) is 6.35. The van der Waals surface area contributed by atoms with Crippen LogP contribution in [0.3, 0.4) is 0 Å². The van der Waals surface area contributed by atoms with E-state index in [4.69, 9.17) is 12.2 Å². The molecule has 0 saturated heterocycles. The van der Waals surface area contributed by atoms with Crippen LogP contribution < -0.4 is 10.7 Å². The standard InChI is InChI=1S/C6H13N3S/c1-7-6(10)8-9(2)5-3-4-5/h5H,3-4H2,1-2H3,(H2,7,8,10). The van der Waals surface area contributed by atoms with Crippen LogP contribution in [0.15, 0.2) is 0 Å². The molecule has 10 heavy (non-hydrogen) atoms. The van der Waals surface area contributed by atoms with Crippen molar-refractivity contribution in [3.05, 3.63) is 0 Å². The highest BCUT2D eigenvalue weighted by atomic mass is 32.1. The zero-order chi connectivity index (χ0) is 7.56. The van der Waals surface area contributed by atoms with Crippen LogP contribution in [0.4, 0.5) is 0 Å². The molecule has 0 amide bonds. The molecule has 0 aromatic carbocycles. The molecule has 0 aromatic rings. The molecule has 3 nitrogen and oxygen atoms in total. The maximum atomic E-state index is 4.91. The van der Waals surface area contributed by atoms with Crippen molar-refractivity contribution < 1.29 is 0 Å². The van der Waals surface area contributed by atoms with Gasteiger partial charge in [0.15, 0.2) is 5.11 Å². The Bertz CT molecular complexity index is 133.